The lowest BCUT2D eigenvalue weighted by atomic mass is 9.86. The molecule has 0 fully saturated rings. The summed E-state index contributed by atoms with van der Waals surface area (Å²) in [6, 6.07) is 61.1. The van der Waals surface area contributed by atoms with E-state index in [1.165, 1.54) is 59.1 Å². The van der Waals surface area contributed by atoms with Crippen LogP contribution in [0.4, 0.5) is 22.7 Å². The molecule has 10 aromatic rings. The molecule has 0 saturated carbocycles. The van der Waals surface area contributed by atoms with E-state index in [-0.39, 0.29) is 5.41 Å². The first-order chi connectivity index (χ1) is 29.4. The van der Waals surface area contributed by atoms with Crippen LogP contribution in [0.3, 0.4) is 0 Å². The first kappa shape index (κ1) is 36.4. The van der Waals surface area contributed by atoms with Crippen LogP contribution in [0.1, 0.15) is 26.3 Å². The Bertz CT molecular complexity index is 3160. The number of hydrogen-bond acceptors (Lipinski definition) is 6. The Kier molecular flexibility index (Phi) is 8.80. The maximum atomic E-state index is 6.87. The number of nitrogens with zero attached hydrogens (tertiary/aromatic N) is 3. The van der Waals surface area contributed by atoms with E-state index in [1.807, 2.05) is 6.20 Å². The Hall–Kier alpha value is -6.73. The van der Waals surface area contributed by atoms with Crippen molar-refractivity contribution < 1.29 is 4.74 Å². The quantitative estimate of drug-likeness (QED) is 0.160. The highest BCUT2D eigenvalue weighted by atomic mass is 32.1. The Balaban J connectivity index is 0.995. The largest absolute Gasteiger partial charge is 0.447 e. The summed E-state index contributed by atoms with van der Waals surface area (Å²) in [7, 11) is 0. The highest BCUT2D eigenvalue weighted by molar-refractivity contribution is 7.22. The molecule has 0 bridgehead atoms. The number of anilines is 4. The molecule has 0 spiro atoms. The van der Waals surface area contributed by atoms with Crippen molar-refractivity contribution in [3.8, 4) is 44.3 Å². The van der Waals surface area contributed by atoms with Crippen molar-refractivity contribution in [1.82, 2.24) is 4.98 Å². The van der Waals surface area contributed by atoms with E-state index in [0.717, 1.165) is 44.5 Å². The summed E-state index contributed by atoms with van der Waals surface area (Å²) in [6.07, 6.45) is 1.95. The first-order valence-electron chi connectivity index (χ1n) is 20.4. The Morgan fingerprint density at radius 2 is 1.27 bits per heavy atom. The van der Waals surface area contributed by atoms with Gasteiger partial charge in [0.2, 0.25) is 0 Å². The molecule has 0 unspecified atom stereocenters. The maximum absolute atomic E-state index is 6.87. The first-order valence-corrected chi connectivity index (χ1v) is 22.1. The van der Waals surface area contributed by atoms with Crippen LogP contribution in [0.2, 0.25) is 0 Å². The number of fused-ring (bicyclic) bond motifs is 6. The van der Waals surface area contributed by atoms with Gasteiger partial charge in [-0.05, 0) is 81.4 Å². The van der Waals surface area contributed by atoms with Crippen LogP contribution in [-0.4, -0.2) is 11.7 Å². The number of pyridine rings is 1. The molecule has 290 valence electrons. The second kappa shape index (κ2) is 14.5. The van der Waals surface area contributed by atoms with Gasteiger partial charge < -0.3 is 14.5 Å². The Morgan fingerprint density at radius 3 is 2.00 bits per heavy atom. The smallest absolute Gasteiger partial charge is 0.182 e. The zero-order valence-electron chi connectivity index (χ0n) is 33.6. The monoisotopic (exact) mass is 811 g/mol. The Morgan fingerprint density at radius 1 is 0.567 bits per heavy atom. The molecule has 0 radical (unpaired) electrons. The van der Waals surface area contributed by atoms with Crippen LogP contribution < -0.4 is 14.5 Å². The average Bonchev–Trinajstić information content (AvgIpc) is 4.04. The minimum Gasteiger partial charge on any atom is -0.447 e. The van der Waals surface area contributed by atoms with Crippen molar-refractivity contribution in [3.05, 3.63) is 187 Å². The second-order valence-corrected chi connectivity index (χ2v) is 18.4. The molecule has 0 amide bonds. The minimum atomic E-state index is 0.00492. The van der Waals surface area contributed by atoms with E-state index in [1.54, 1.807) is 22.7 Å². The fourth-order valence-electron chi connectivity index (χ4n) is 8.69. The van der Waals surface area contributed by atoms with Crippen LogP contribution >= 0.6 is 22.7 Å². The number of ether oxygens (including phenoxy) is 1. The van der Waals surface area contributed by atoms with E-state index in [2.05, 4.69) is 206 Å². The van der Waals surface area contributed by atoms with Crippen molar-refractivity contribution in [3.63, 3.8) is 0 Å². The predicted octanol–water partition coefficient (Wildman–Crippen LogP) is 16.0. The lowest BCUT2D eigenvalue weighted by molar-refractivity contribution is 0.497. The van der Waals surface area contributed by atoms with Crippen molar-refractivity contribution in [2.75, 3.05) is 16.5 Å². The lowest BCUT2D eigenvalue weighted by Crippen LogP contribution is -2.24. The van der Waals surface area contributed by atoms with Gasteiger partial charge in [0.05, 0.1) is 22.8 Å². The van der Waals surface area contributed by atoms with Crippen molar-refractivity contribution in [2.45, 2.75) is 26.2 Å². The van der Waals surface area contributed by atoms with Crippen LogP contribution in [0.15, 0.2) is 181 Å². The molecule has 3 aromatic heterocycles. The van der Waals surface area contributed by atoms with Gasteiger partial charge in [-0.2, -0.15) is 0 Å². The van der Waals surface area contributed by atoms with Crippen LogP contribution in [0.25, 0.3) is 64.5 Å². The fourth-order valence-corrected chi connectivity index (χ4v) is 10.7. The van der Waals surface area contributed by atoms with E-state index in [4.69, 9.17) is 9.72 Å². The number of benzene rings is 7. The van der Waals surface area contributed by atoms with E-state index in [9.17, 15) is 0 Å². The van der Waals surface area contributed by atoms with Gasteiger partial charge >= 0.3 is 0 Å². The van der Waals surface area contributed by atoms with Gasteiger partial charge in [0.25, 0.3) is 0 Å². The number of para-hydroxylation sites is 3. The van der Waals surface area contributed by atoms with Gasteiger partial charge in [0.15, 0.2) is 5.06 Å². The molecule has 7 aromatic carbocycles. The molecule has 60 heavy (non-hydrogen) atoms. The molecule has 4 heterocycles. The summed E-state index contributed by atoms with van der Waals surface area (Å²) in [4.78, 5) is 9.82. The molecule has 0 saturated heterocycles. The number of aromatic nitrogens is 1. The topological polar surface area (TPSA) is 28.6 Å². The van der Waals surface area contributed by atoms with Crippen LogP contribution in [-0.2, 0) is 5.41 Å². The molecular formula is C54H41N3OS2. The highest BCUT2D eigenvalue weighted by Gasteiger charge is 2.31. The predicted molar refractivity (Wildman–Crippen MR) is 256 cm³/mol. The zero-order chi connectivity index (χ0) is 40.4. The maximum Gasteiger partial charge on any atom is 0.182 e. The summed E-state index contributed by atoms with van der Waals surface area (Å²) >= 11 is 3.50. The highest BCUT2D eigenvalue weighted by Crippen LogP contribution is 2.51. The molecule has 11 rings (SSSR count). The van der Waals surface area contributed by atoms with Crippen molar-refractivity contribution in [2.24, 2.45) is 0 Å². The lowest BCUT2D eigenvalue weighted by Gasteiger charge is -2.27. The fraction of sp³-hybridized carbons (Fsp3) is 0.0926. The molecule has 4 nitrogen and oxygen atoms in total. The van der Waals surface area contributed by atoms with E-state index in [0.29, 0.717) is 6.67 Å². The van der Waals surface area contributed by atoms with Crippen molar-refractivity contribution in [1.29, 1.82) is 0 Å². The third kappa shape index (κ3) is 6.31. The van der Waals surface area contributed by atoms with Crippen molar-refractivity contribution >= 4 is 76.4 Å². The van der Waals surface area contributed by atoms with Gasteiger partial charge in [-0.1, -0.05) is 141 Å². The molecule has 1 aliphatic heterocycles. The number of rotatable bonds is 7. The van der Waals surface area contributed by atoms with E-state index < -0.39 is 0 Å². The summed E-state index contributed by atoms with van der Waals surface area (Å²) in [5.74, 6) is 0.795. The summed E-state index contributed by atoms with van der Waals surface area (Å²) in [5.41, 5.74) is 12.7. The van der Waals surface area contributed by atoms with Gasteiger partial charge in [-0.25, -0.2) is 0 Å². The zero-order valence-corrected chi connectivity index (χ0v) is 35.2. The summed E-state index contributed by atoms with van der Waals surface area (Å²) in [5, 5.41) is 7.95. The van der Waals surface area contributed by atoms with Gasteiger partial charge in [-0.15, -0.1) is 11.3 Å². The molecule has 1 aliphatic rings. The normalized spacial score (nSPS) is 12.8. The molecular weight excluding hydrogens is 771 g/mol. The third-order valence-corrected chi connectivity index (χ3v) is 13.7. The summed E-state index contributed by atoms with van der Waals surface area (Å²) < 4.78 is 9.38. The van der Waals surface area contributed by atoms with Crippen LogP contribution in [0, 0.1) is 0 Å². The second-order valence-electron chi connectivity index (χ2n) is 16.4. The van der Waals surface area contributed by atoms with E-state index >= 15 is 0 Å². The van der Waals surface area contributed by atoms with Gasteiger partial charge in [-0.3, -0.25) is 4.98 Å². The molecule has 0 atom stereocenters. The minimum absolute atomic E-state index is 0.00492. The SMILES string of the molecule is CC(C)(C)c1ccnc(-c2cc3c(ccc4ccsc43)c3sc(Oc4cccc(N5CN(c6c(-c7ccccc7)cccc6-c6ccccc6)c6ccccc65)c4)cc23)c1. The van der Waals surface area contributed by atoms with Crippen LogP contribution in [0.5, 0.6) is 10.8 Å². The number of thiophene rings is 2. The molecule has 6 heteroatoms. The average molecular weight is 812 g/mol. The molecule has 0 aliphatic carbocycles. The standard InChI is InChI=1S/C54H41N3OS2/c1-54(2,3)38-26-28-55-47(30-38)44-32-45-43(25-24-37-27-29-59-52(37)45)53-46(44)33-50(60-53)58-40-19-12-18-39(31-40)56-34-57(49-23-11-10-22-48(49)56)51-41(35-14-6-4-7-15-35)20-13-21-42(51)36-16-8-5-9-17-36/h4-33H,34H2,1-3H3. The van der Waals surface area contributed by atoms with Gasteiger partial charge in [0, 0.05) is 66.3 Å². The number of hydrogen-bond donors (Lipinski definition) is 0. The Labute approximate surface area is 358 Å². The molecule has 0 N–H and O–H groups in total. The van der Waals surface area contributed by atoms with Gasteiger partial charge in [0.1, 0.15) is 12.4 Å². The third-order valence-electron chi connectivity index (χ3n) is 11.7. The summed E-state index contributed by atoms with van der Waals surface area (Å²) in [6.45, 7) is 7.41.